The van der Waals surface area contributed by atoms with Crippen LogP contribution < -0.4 is 5.73 Å². The summed E-state index contributed by atoms with van der Waals surface area (Å²) in [6.45, 7) is 2.20. The summed E-state index contributed by atoms with van der Waals surface area (Å²) in [7, 11) is 0. The van der Waals surface area contributed by atoms with Crippen molar-refractivity contribution in [3.8, 4) is 0 Å². The zero-order valence-electron chi connectivity index (χ0n) is 10.1. The van der Waals surface area contributed by atoms with E-state index >= 15 is 0 Å². The lowest BCUT2D eigenvalue weighted by atomic mass is 9.76. The van der Waals surface area contributed by atoms with E-state index in [9.17, 15) is 8.78 Å². The normalized spacial score (nSPS) is 29.3. The van der Waals surface area contributed by atoms with E-state index < -0.39 is 0 Å². The molecule has 1 nitrogen and oxygen atoms in total. The molecule has 0 heterocycles. The second-order valence-corrected chi connectivity index (χ2v) is 5.28. The van der Waals surface area contributed by atoms with Crippen molar-refractivity contribution in [2.24, 2.45) is 17.6 Å². The summed E-state index contributed by atoms with van der Waals surface area (Å²) in [5.41, 5.74) is 6.52. The number of hydrogen-bond acceptors (Lipinski definition) is 1. The average molecular weight is 239 g/mol. The van der Waals surface area contributed by atoms with Crippen LogP contribution in [0.3, 0.4) is 0 Å². The lowest BCUT2D eigenvalue weighted by Crippen LogP contribution is -2.36. The summed E-state index contributed by atoms with van der Waals surface area (Å²) in [5.74, 6) is 0.210. The van der Waals surface area contributed by atoms with Crippen molar-refractivity contribution in [2.75, 3.05) is 0 Å². The Morgan fingerprint density at radius 2 is 2.06 bits per heavy atom. The molecule has 1 aliphatic rings. The number of rotatable bonds is 2. The predicted octanol–water partition coefficient (Wildman–Crippen LogP) is 3.27. The van der Waals surface area contributed by atoms with Crippen LogP contribution in [-0.4, -0.2) is 6.04 Å². The number of hydrogen-bond donors (Lipinski definition) is 1. The standard InChI is InChI=1S/C14H19F2N/c1-9-2-5-14(17)11(6-9)7-10-8-12(15)3-4-13(10)16/h3-4,8-9,11,14H,2,5-7,17H2,1H3. The van der Waals surface area contributed by atoms with Gasteiger partial charge in [-0.2, -0.15) is 0 Å². The quantitative estimate of drug-likeness (QED) is 0.842. The van der Waals surface area contributed by atoms with Gasteiger partial charge in [0, 0.05) is 6.04 Å². The third-order valence-corrected chi connectivity index (χ3v) is 3.79. The van der Waals surface area contributed by atoms with Gasteiger partial charge in [-0.15, -0.1) is 0 Å². The molecule has 1 aromatic carbocycles. The van der Waals surface area contributed by atoms with E-state index in [1.807, 2.05) is 0 Å². The van der Waals surface area contributed by atoms with Gasteiger partial charge in [-0.25, -0.2) is 8.78 Å². The fourth-order valence-electron chi connectivity index (χ4n) is 2.74. The Kier molecular flexibility index (Phi) is 3.77. The van der Waals surface area contributed by atoms with Gasteiger partial charge >= 0.3 is 0 Å². The number of benzene rings is 1. The number of nitrogens with two attached hydrogens (primary N) is 1. The Hall–Kier alpha value is -0.960. The minimum absolute atomic E-state index is 0.119. The van der Waals surface area contributed by atoms with E-state index in [-0.39, 0.29) is 23.6 Å². The Balaban J connectivity index is 2.11. The summed E-state index contributed by atoms with van der Waals surface area (Å²) in [4.78, 5) is 0. The fraction of sp³-hybridized carbons (Fsp3) is 0.571. The lowest BCUT2D eigenvalue weighted by Gasteiger charge is -2.32. The molecule has 3 atom stereocenters. The van der Waals surface area contributed by atoms with Crippen molar-refractivity contribution in [2.45, 2.75) is 38.6 Å². The van der Waals surface area contributed by atoms with Gasteiger partial charge in [-0.1, -0.05) is 6.92 Å². The summed E-state index contributed by atoms with van der Waals surface area (Å²) in [5, 5.41) is 0. The minimum Gasteiger partial charge on any atom is -0.327 e. The molecular weight excluding hydrogens is 220 g/mol. The zero-order valence-corrected chi connectivity index (χ0v) is 10.1. The topological polar surface area (TPSA) is 26.0 Å². The molecule has 1 fully saturated rings. The second kappa shape index (κ2) is 5.13. The molecule has 3 heteroatoms. The van der Waals surface area contributed by atoms with Crippen LogP contribution in [0.1, 0.15) is 31.7 Å². The first-order valence-corrected chi connectivity index (χ1v) is 6.25. The molecule has 3 unspecified atom stereocenters. The van der Waals surface area contributed by atoms with E-state index in [0.29, 0.717) is 17.9 Å². The van der Waals surface area contributed by atoms with Crippen molar-refractivity contribution in [1.82, 2.24) is 0 Å². The predicted molar refractivity (Wildman–Crippen MR) is 64.5 cm³/mol. The van der Waals surface area contributed by atoms with Gasteiger partial charge in [0.25, 0.3) is 0 Å². The largest absolute Gasteiger partial charge is 0.327 e. The molecule has 1 aliphatic carbocycles. The van der Waals surface area contributed by atoms with Crippen LogP contribution in [-0.2, 0) is 6.42 Å². The second-order valence-electron chi connectivity index (χ2n) is 5.28. The highest BCUT2D eigenvalue weighted by Gasteiger charge is 2.26. The molecule has 17 heavy (non-hydrogen) atoms. The molecule has 0 spiro atoms. The fourth-order valence-corrected chi connectivity index (χ4v) is 2.74. The molecule has 0 aliphatic heterocycles. The van der Waals surface area contributed by atoms with E-state index in [1.165, 1.54) is 12.1 Å². The molecule has 0 radical (unpaired) electrons. The van der Waals surface area contributed by atoms with Crippen LogP contribution in [0.4, 0.5) is 8.78 Å². The molecule has 0 aromatic heterocycles. The SMILES string of the molecule is CC1CCC(N)C(Cc2cc(F)ccc2F)C1. The van der Waals surface area contributed by atoms with Crippen molar-refractivity contribution >= 4 is 0 Å². The molecule has 0 amide bonds. The van der Waals surface area contributed by atoms with Gasteiger partial charge < -0.3 is 5.73 Å². The van der Waals surface area contributed by atoms with Crippen molar-refractivity contribution in [3.05, 3.63) is 35.4 Å². The highest BCUT2D eigenvalue weighted by molar-refractivity contribution is 5.19. The van der Waals surface area contributed by atoms with Gasteiger partial charge in [-0.05, 0) is 61.3 Å². The highest BCUT2D eigenvalue weighted by Crippen LogP contribution is 2.31. The van der Waals surface area contributed by atoms with Gasteiger partial charge in [0.2, 0.25) is 0 Å². The van der Waals surface area contributed by atoms with Gasteiger partial charge in [0.1, 0.15) is 11.6 Å². The van der Waals surface area contributed by atoms with Crippen LogP contribution in [0.15, 0.2) is 18.2 Å². The van der Waals surface area contributed by atoms with E-state index in [0.717, 1.165) is 25.3 Å². The van der Waals surface area contributed by atoms with Crippen molar-refractivity contribution < 1.29 is 8.78 Å². The van der Waals surface area contributed by atoms with Crippen LogP contribution >= 0.6 is 0 Å². The van der Waals surface area contributed by atoms with E-state index in [2.05, 4.69) is 6.92 Å². The van der Waals surface area contributed by atoms with Crippen LogP contribution in [0.2, 0.25) is 0 Å². The maximum absolute atomic E-state index is 13.5. The van der Waals surface area contributed by atoms with Crippen molar-refractivity contribution in [1.29, 1.82) is 0 Å². The molecule has 1 aromatic rings. The third-order valence-electron chi connectivity index (χ3n) is 3.79. The van der Waals surface area contributed by atoms with E-state index in [4.69, 9.17) is 5.73 Å². The summed E-state index contributed by atoms with van der Waals surface area (Å²) in [6.07, 6.45) is 3.69. The maximum Gasteiger partial charge on any atom is 0.126 e. The molecule has 1 saturated carbocycles. The van der Waals surface area contributed by atoms with Gasteiger partial charge in [0.05, 0.1) is 0 Å². The summed E-state index contributed by atoms with van der Waals surface area (Å²) in [6, 6.07) is 3.76. The first-order chi connectivity index (χ1) is 8.06. The minimum atomic E-state index is -0.376. The number of halogens is 2. The Bertz CT molecular complexity index is 392. The average Bonchev–Trinajstić information content (AvgIpc) is 2.28. The first-order valence-electron chi connectivity index (χ1n) is 6.25. The molecule has 0 bridgehead atoms. The van der Waals surface area contributed by atoms with Crippen LogP contribution in [0.5, 0.6) is 0 Å². The smallest absolute Gasteiger partial charge is 0.126 e. The Morgan fingerprint density at radius 1 is 1.29 bits per heavy atom. The maximum atomic E-state index is 13.5. The molecule has 2 rings (SSSR count). The van der Waals surface area contributed by atoms with Crippen LogP contribution in [0, 0.1) is 23.5 Å². The molecule has 0 saturated heterocycles. The lowest BCUT2D eigenvalue weighted by molar-refractivity contribution is 0.243. The van der Waals surface area contributed by atoms with Gasteiger partial charge in [0.15, 0.2) is 0 Å². The molecule has 2 N–H and O–H groups in total. The molecule has 94 valence electrons. The van der Waals surface area contributed by atoms with Gasteiger partial charge in [-0.3, -0.25) is 0 Å². The van der Waals surface area contributed by atoms with Crippen molar-refractivity contribution in [3.63, 3.8) is 0 Å². The zero-order chi connectivity index (χ0) is 12.4. The van der Waals surface area contributed by atoms with E-state index in [1.54, 1.807) is 0 Å². The Labute approximate surface area is 101 Å². The Morgan fingerprint density at radius 3 is 2.82 bits per heavy atom. The first kappa shape index (κ1) is 12.5. The summed E-state index contributed by atoms with van der Waals surface area (Å²) < 4.78 is 26.6. The third kappa shape index (κ3) is 3.03. The summed E-state index contributed by atoms with van der Waals surface area (Å²) >= 11 is 0. The molecular formula is C14H19F2N. The van der Waals surface area contributed by atoms with Crippen LogP contribution in [0.25, 0.3) is 0 Å². The monoisotopic (exact) mass is 239 g/mol. The highest BCUT2D eigenvalue weighted by atomic mass is 19.1.